The van der Waals surface area contributed by atoms with Crippen molar-refractivity contribution in [3.8, 4) is 0 Å². The van der Waals surface area contributed by atoms with E-state index in [9.17, 15) is 0 Å². The summed E-state index contributed by atoms with van der Waals surface area (Å²) in [4.78, 5) is 0. The van der Waals surface area contributed by atoms with Gasteiger partial charge in [-0.25, -0.2) is 0 Å². The highest BCUT2D eigenvalue weighted by Gasteiger charge is 2.48. The normalized spacial score (nSPS) is 58.8. The standard InChI is InChI=1S/C11H16/c1-7-4-10-8-2-3-9(6-8)11(10)5-7/h2-3,7-11H,4-6H2,1H3/t7?,8-,9+,10-,11+. The van der Waals surface area contributed by atoms with Crippen LogP contribution < -0.4 is 0 Å². The van der Waals surface area contributed by atoms with Crippen LogP contribution >= 0.6 is 0 Å². The molecule has 0 N–H and O–H groups in total. The van der Waals surface area contributed by atoms with Gasteiger partial charge in [0.1, 0.15) is 0 Å². The topological polar surface area (TPSA) is 0 Å². The average molecular weight is 148 g/mol. The van der Waals surface area contributed by atoms with E-state index in [4.69, 9.17) is 0 Å². The molecule has 2 fully saturated rings. The Labute approximate surface area is 68.7 Å². The summed E-state index contributed by atoms with van der Waals surface area (Å²) >= 11 is 0. The summed E-state index contributed by atoms with van der Waals surface area (Å²) in [7, 11) is 0. The molecule has 0 heteroatoms. The summed E-state index contributed by atoms with van der Waals surface area (Å²) in [6.07, 6.45) is 9.53. The second kappa shape index (κ2) is 1.91. The molecule has 0 aromatic heterocycles. The first kappa shape index (κ1) is 6.28. The van der Waals surface area contributed by atoms with Gasteiger partial charge in [-0.3, -0.25) is 0 Å². The molecule has 3 rings (SSSR count). The first-order valence-electron chi connectivity index (χ1n) is 5.03. The van der Waals surface area contributed by atoms with Crippen LogP contribution in [-0.2, 0) is 0 Å². The Kier molecular flexibility index (Phi) is 1.09. The molecule has 0 saturated heterocycles. The van der Waals surface area contributed by atoms with Crippen molar-refractivity contribution in [2.24, 2.45) is 29.6 Å². The van der Waals surface area contributed by atoms with Crippen LogP contribution in [-0.4, -0.2) is 0 Å². The molecule has 3 aliphatic carbocycles. The number of rotatable bonds is 0. The molecular weight excluding hydrogens is 132 g/mol. The summed E-state index contributed by atoms with van der Waals surface area (Å²) in [5, 5.41) is 0. The maximum atomic E-state index is 2.49. The molecule has 0 aromatic rings. The van der Waals surface area contributed by atoms with E-state index in [-0.39, 0.29) is 0 Å². The fourth-order valence-electron chi connectivity index (χ4n) is 3.75. The Hall–Kier alpha value is -0.260. The highest BCUT2D eigenvalue weighted by atomic mass is 14.5. The van der Waals surface area contributed by atoms with Crippen LogP contribution in [0.3, 0.4) is 0 Å². The molecule has 0 heterocycles. The van der Waals surface area contributed by atoms with Crippen LogP contribution in [0.25, 0.3) is 0 Å². The van der Waals surface area contributed by atoms with E-state index in [0.717, 1.165) is 29.6 Å². The molecule has 3 aliphatic rings. The largest absolute Gasteiger partial charge is 0.0848 e. The molecule has 0 aromatic carbocycles. The minimum Gasteiger partial charge on any atom is -0.0848 e. The van der Waals surface area contributed by atoms with Crippen LogP contribution in [0.2, 0.25) is 0 Å². The first-order chi connectivity index (χ1) is 5.34. The Morgan fingerprint density at radius 2 is 1.45 bits per heavy atom. The predicted molar refractivity (Wildman–Crippen MR) is 46.1 cm³/mol. The van der Waals surface area contributed by atoms with Crippen LogP contribution in [0.5, 0.6) is 0 Å². The predicted octanol–water partition coefficient (Wildman–Crippen LogP) is 2.85. The van der Waals surface area contributed by atoms with Crippen molar-refractivity contribution >= 4 is 0 Å². The lowest BCUT2D eigenvalue weighted by atomic mass is 9.86. The van der Waals surface area contributed by atoms with E-state index in [1.165, 1.54) is 19.3 Å². The van der Waals surface area contributed by atoms with E-state index >= 15 is 0 Å². The van der Waals surface area contributed by atoms with Crippen molar-refractivity contribution in [1.29, 1.82) is 0 Å². The Morgan fingerprint density at radius 3 is 2.00 bits per heavy atom. The highest BCUT2D eigenvalue weighted by Crippen LogP contribution is 2.56. The molecule has 0 nitrogen and oxygen atoms in total. The van der Waals surface area contributed by atoms with Crippen molar-refractivity contribution in [3.05, 3.63) is 12.2 Å². The molecule has 0 radical (unpaired) electrons. The molecule has 11 heavy (non-hydrogen) atoms. The van der Waals surface area contributed by atoms with Crippen LogP contribution in [0.15, 0.2) is 12.2 Å². The molecule has 0 amide bonds. The van der Waals surface area contributed by atoms with Crippen molar-refractivity contribution in [3.63, 3.8) is 0 Å². The molecular formula is C11H16. The van der Waals surface area contributed by atoms with Gasteiger partial charge in [0.05, 0.1) is 0 Å². The third kappa shape index (κ3) is 0.706. The van der Waals surface area contributed by atoms with Gasteiger partial charge >= 0.3 is 0 Å². The summed E-state index contributed by atoms with van der Waals surface area (Å²) < 4.78 is 0. The lowest BCUT2D eigenvalue weighted by molar-refractivity contribution is 0.364. The zero-order chi connectivity index (χ0) is 7.42. The van der Waals surface area contributed by atoms with E-state index in [1.807, 2.05) is 0 Å². The second-order valence-corrected chi connectivity index (χ2v) is 4.85. The van der Waals surface area contributed by atoms with Gasteiger partial charge in [0.25, 0.3) is 0 Å². The van der Waals surface area contributed by atoms with Gasteiger partial charge in [0.2, 0.25) is 0 Å². The molecule has 60 valence electrons. The average Bonchev–Trinajstić information content (AvgIpc) is 2.53. The minimum atomic E-state index is 0.995. The van der Waals surface area contributed by atoms with E-state index in [0.29, 0.717) is 0 Å². The maximum Gasteiger partial charge on any atom is -0.0196 e. The Balaban J connectivity index is 1.92. The number of hydrogen-bond donors (Lipinski definition) is 0. The number of hydrogen-bond acceptors (Lipinski definition) is 0. The summed E-state index contributed by atoms with van der Waals surface area (Å²) in [6.45, 7) is 2.43. The third-order valence-corrected chi connectivity index (χ3v) is 4.15. The fraction of sp³-hybridized carbons (Fsp3) is 0.818. The first-order valence-corrected chi connectivity index (χ1v) is 5.03. The van der Waals surface area contributed by atoms with E-state index in [2.05, 4.69) is 19.1 Å². The lowest BCUT2D eigenvalue weighted by Gasteiger charge is -2.19. The van der Waals surface area contributed by atoms with Gasteiger partial charge in [0, 0.05) is 0 Å². The summed E-state index contributed by atoms with van der Waals surface area (Å²) in [5.74, 6) is 5.21. The van der Waals surface area contributed by atoms with E-state index in [1.54, 1.807) is 0 Å². The Bertz CT molecular complexity index is 184. The van der Waals surface area contributed by atoms with Gasteiger partial charge in [-0.15, -0.1) is 0 Å². The third-order valence-electron chi connectivity index (χ3n) is 4.15. The number of allylic oxidation sites excluding steroid dienone is 2. The monoisotopic (exact) mass is 148 g/mol. The molecule has 1 unspecified atom stereocenters. The SMILES string of the molecule is CC1C[C@@H]2[C@H](C1)[C@@H]1C=C[C@H]2C1. The molecule has 0 aliphatic heterocycles. The molecule has 0 spiro atoms. The van der Waals surface area contributed by atoms with Crippen LogP contribution in [0.1, 0.15) is 26.2 Å². The zero-order valence-electron chi connectivity index (χ0n) is 7.16. The number of fused-ring (bicyclic) bond motifs is 5. The molecule has 2 bridgehead atoms. The van der Waals surface area contributed by atoms with Crippen molar-refractivity contribution in [2.75, 3.05) is 0 Å². The Morgan fingerprint density at radius 1 is 0.909 bits per heavy atom. The van der Waals surface area contributed by atoms with Crippen molar-refractivity contribution in [1.82, 2.24) is 0 Å². The van der Waals surface area contributed by atoms with E-state index < -0.39 is 0 Å². The quantitative estimate of drug-likeness (QED) is 0.463. The second-order valence-electron chi connectivity index (χ2n) is 4.85. The van der Waals surface area contributed by atoms with Gasteiger partial charge in [0.15, 0.2) is 0 Å². The summed E-state index contributed by atoms with van der Waals surface area (Å²) in [5.41, 5.74) is 0. The van der Waals surface area contributed by atoms with Gasteiger partial charge < -0.3 is 0 Å². The highest BCUT2D eigenvalue weighted by molar-refractivity contribution is 5.15. The smallest absolute Gasteiger partial charge is 0.0196 e. The molecule has 2 saturated carbocycles. The van der Waals surface area contributed by atoms with Crippen molar-refractivity contribution < 1.29 is 0 Å². The molecule has 5 atom stereocenters. The van der Waals surface area contributed by atoms with Gasteiger partial charge in [-0.2, -0.15) is 0 Å². The lowest BCUT2D eigenvalue weighted by Crippen LogP contribution is -2.12. The fourth-order valence-corrected chi connectivity index (χ4v) is 3.75. The van der Waals surface area contributed by atoms with Gasteiger partial charge in [-0.05, 0) is 48.9 Å². The van der Waals surface area contributed by atoms with Crippen molar-refractivity contribution in [2.45, 2.75) is 26.2 Å². The summed E-state index contributed by atoms with van der Waals surface area (Å²) in [6, 6.07) is 0. The van der Waals surface area contributed by atoms with Gasteiger partial charge in [-0.1, -0.05) is 19.1 Å². The van der Waals surface area contributed by atoms with Crippen LogP contribution in [0, 0.1) is 29.6 Å². The van der Waals surface area contributed by atoms with Crippen LogP contribution in [0.4, 0.5) is 0 Å². The minimum absolute atomic E-state index is 0.995. The maximum absolute atomic E-state index is 2.49. The zero-order valence-corrected chi connectivity index (χ0v) is 7.16.